The van der Waals surface area contributed by atoms with E-state index in [9.17, 15) is 9.59 Å². The minimum atomic E-state index is -1.10. The molecule has 1 aliphatic carbocycles. The molecule has 1 aromatic heterocycles. The van der Waals surface area contributed by atoms with E-state index in [-0.39, 0.29) is 5.91 Å². The summed E-state index contributed by atoms with van der Waals surface area (Å²) in [5.41, 5.74) is 5.11. The highest BCUT2D eigenvalue weighted by molar-refractivity contribution is 6.02. The quantitative estimate of drug-likeness (QED) is 0.728. The number of carbonyl (C=O) groups is 2. The molecule has 0 aliphatic heterocycles. The summed E-state index contributed by atoms with van der Waals surface area (Å²) in [4.78, 5) is 26.7. The Kier molecular flexibility index (Phi) is 3.05. The molecule has 0 saturated heterocycles. The minimum absolute atomic E-state index is 0.371. The lowest BCUT2D eigenvalue weighted by Crippen LogP contribution is -2.36. The van der Waals surface area contributed by atoms with Gasteiger partial charge in [-0.25, -0.2) is 4.79 Å². The summed E-state index contributed by atoms with van der Waals surface area (Å²) in [6.07, 6.45) is 3.18. The second-order valence-corrected chi connectivity index (χ2v) is 4.04. The van der Waals surface area contributed by atoms with Gasteiger partial charge >= 0.3 is 6.09 Å². The summed E-state index contributed by atoms with van der Waals surface area (Å²) >= 11 is 0. The van der Waals surface area contributed by atoms with Crippen molar-refractivity contribution in [1.82, 2.24) is 4.98 Å². The van der Waals surface area contributed by atoms with Gasteiger partial charge in [-0.15, -0.1) is 0 Å². The van der Waals surface area contributed by atoms with Gasteiger partial charge in [-0.1, -0.05) is 0 Å². The molecule has 1 saturated carbocycles. The summed E-state index contributed by atoms with van der Waals surface area (Å²) in [6, 6.07) is 1.66. The van der Waals surface area contributed by atoms with Gasteiger partial charge in [0.1, 0.15) is 0 Å². The van der Waals surface area contributed by atoms with Crippen molar-refractivity contribution < 1.29 is 14.3 Å². The summed E-state index contributed by atoms with van der Waals surface area (Å²) in [5, 5.41) is 5.60. The average molecular weight is 250 g/mol. The van der Waals surface area contributed by atoms with E-state index in [1.165, 1.54) is 0 Å². The van der Waals surface area contributed by atoms with Crippen LogP contribution < -0.4 is 16.4 Å². The third-order valence-corrected chi connectivity index (χ3v) is 2.75. The third kappa shape index (κ3) is 2.34. The lowest BCUT2D eigenvalue weighted by Gasteiger charge is -2.16. The van der Waals surface area contributed by atoms with Gasteiger partial charge in [0.2, 0.25) is 0 Å². The van der Waals surface area contributed by atoms with E-state index in [2.05, 4.69) is 15.6 Å². The smallest absolute Gasteiger partial charge is 0.405 e. The first-order valence-electron chi connectivity index (χ1n) is 5.49. The maximum Gasteiger partial charge on any atom is 0.405 e. The maximum atomic E-state index is 12.0. The summed E-state index contributed by atoms with van der Waals surface area (Å²) in [5.74, 6) is -0.371. The first kappa shape index (κ1) is 12.2. The Labute approximate surface area is 104 Å². The molecule has 4 N–H and O–H groups in total. The zero-order valence-electron chi connectivity index (χ0n) is 9.90. The van der Waals surface area contributed by atoms with Crippen LogP contribution in [0.2, 0.25) is 0 Å². The highest BCUT2D eigenvalue weighted by Gasteiger charge is 2.54. The second-order valence-electron chi connectivity index (χ2n) is 4.04. The number of nitrogens with zero attached hydrogens (tertiary/aromatic N) is 1. The van der Waals surface area contributed by atoms with Crippen molar-refractivity contribution in [1.29, 1.82) is 0 Å². The fourth-order valence-electron chi connectivity index (χ4n) is 1.62. The first-order chi connectivity index (χ1) is 8.57. The van der Waals surface area contributed by atoms with E-state index in [4.69, 9.17) is 10.5 Å². The number of amides is 2. The molecule has 0 aromatic carbocycles. The van der Waals surface area contributed by atoms with Crippen LogP contribution in [0.1, 0.15) is 12.8 Å². The summed E-state index contributed by atoms with van der Waals surface area (Å²) in [7, 11) is 1.72. The number of pyridine rings is 1. The monoisotopic (exact) mass is 250 g/mol. The van der Waals surface area contributed by atoms with Gasteiger partial charge in [0.15, 0.2) is 5.60 Å². The predicted molar refractivity (Wildman–Crippen MR) is 65.0 cm³/mol. The molecule has 2 amide bonds. The van der Waals surface area contributed by atoms with Gasteiger partial charge in [0, 0.05) is 26.1 Å². The Bertz CT molecular complexity index is 485. The van der Waals surface area contributed by atoms with Crippen LogP contribution in [-0.2, 0) is 9.53 Å². The number of aromatic nitrogens is 1. The Morgan fingerprint density at radius 3 is 2.72 bits per heavy atom. The van der Waals surface area contributed by atoms with Crippen LogP contribution >= 0.6 is 0 Å². The van der Waals surface area contributed by atoms with Crippen molar-refractivity contribution in [3.8, 4) is 0 Å². The minimum Gasteiger partial charge on any atom is -0.433 e. The Morgan fingerprint density at radius 1 is 1.44 bits per heavy atom. The molecule has 1 heterocycles. The fraction of sp³-hybridized carbons (Fsp3) is 0.364. The molecule has 0 radical (unpaired) electrons. The molecule has 1 fully saturated rings. The van der Waals surface area contributed by atoms with Gasteiger partial charge in [-0.2, -0.15) is 0 Å². The zero-order chi connectivity index (χ0) is 13.2. The molecule has 7 heteroatoms. The number of carbonyl (C=O) groups excluding carboxylic acids is 2. The molecule has 1 aliphatic rings. The lowest BCUT2D eigenvalue weighted by atomic mass is 10.2. The molecule has 7 nitrogen and oxygen atoms in total. The predicted octanol–water partition coefficient (Wildman–Crippen LogP) is 0.690. The molecular formula is C11H14N4O3. The van der Waals surface area contributed by atoms with E-state index < -0.39 is 11.7 Å². The third-order valence-electron chi connectivity index (χ3n) is 2.75. The molecule has 2 rings (SSSR count). The van der Waals surface area contributed by atoms with E-state index >= 15 is 0 Å². The van der Waals surface area contributed by atoms with E-state index in [1.54, 1.807) is 25.5 Å². The number of hydrogen-bond acceptors (Lipinski definition) is 5. The number of nitrogens with one attached hydrogen (secondary N) is 2. The molecule has 1 aromatic rings. The molecule has 96 valence electrons. The van der Waals surface area contributed by atoms with Crippen molar-refractivity contribution in [3.05, 3.63) is 18.5 Å². The molecule has 18 heavy (non-hydrogen) atoms. The Morgan fingerprint density at radius 2 is 2.17 bits per heavy atom. The molecule has 0 bridgehead atoms. The van der Waals surface area contributed by atoms with E-state index in [0.29, 0.717) is 24.2 Å². The largest absolute Gasteiger partial charge is 0.433 e. The van der Waals surface area contributed by atoms with E-state index in [1.807, 2.05) is 0 Å². The molecule has 0 atom stereocenters. The van der Waals surface area contributed by atoms with Crippen molar-refractivity contribution >= 4 is 23.4 Å². The highest BCUT2D eigenvalue weighted by atomic mass is 16.6. The standard InChI is InChI=1S/C11H14N4O3/c1-13-8-6-14-5-2-7(8)15-9(16)11(3-4-11)18-10(12)17/h2,5-6,13H,3-4H2,1H3,(H2,12,17)(H,14,15,16). The second kappa shape index (κ2) is 4.52. The Balaban J connectivity index is 2.10. The topological polar surface area (TPSA) is 106 Å². The van der Waals surface area contributed by atoms with Crippen LogP contribution in [0.15, 0.2) is 18.5 Å². The van der Waals surface area contributed by atoms with Gasteiger partial charge in [-0.05, 0) is 6.07 Å². The SMILES string of the molecule is CNc1cnccc1NC(=O)C1(OC(N)=O)CC1. The maximum absolute atomic E-state index is 12.0. The molecule has 0 unspecified atom stereocenters. The van der Waals surface area contributed by atoms with Crippen molar-refractivity contribution in [2.45, 2.75) is 18.4 Å². The number of primary amides is 1. The number of nitrogens with two attached hydrogens (primary N) is 1. The first-order valence-corrected chi connectivity index (χ1v) is 5.49. The van der Waals surface area contributed by atoms with Crippen molar-refractivity contribution in [2.75, 3.05) is 17.7 Å². The number of anilines is 2. The van der Waals surface area contributed by atoms with E-state index in [0.717, 1.165) is 0 Å². The van der Waals surface area contributed by atoms with Gasteiger partial charge in [-0.3, -0.25) is 9.78 Å². The van der Waals surface area contributed by atoms with Crippen molar-refractivity contribution in [2.24, 2.45) is 5.73 Å². The van der Waals surface area contributed by atoms with Crippen LogP contribution in [0.4, 0.5) is 16.2 Å². The number of ether oxygens (including phenoxy) is 1. The van der Waals surface area contributed by atoms with Gasteiger partial charge < -0.3 is 21.1 Å². The summed E-state index contributed by atoms with van der Waals surface area (Å²) < 4.78 is 4.85. The Hall–Kier alpha value is -2.31. The van der Waals surface area contributed by atoms with Crippen LogP contribution in [-0.4, -0.2) is 29.6 Å². The molecule has 0 spiro atoms. The normalized spacial score (nSPS) is 15.6. The highest BCUT2D eigenvalue weighted by Crippen LogP contribution is 2.40. The van der Waals surface area contributed by atoms with Crippen molar-refractivity contribution in [3.63, 3.8) is 0 Å². The zero-order valence-corrected chi connectivity index (χ0v) is 9.90. The average Bonchev–Trinajstić information content (AvgIpc) is 3.10. The summed E-state index contributed by atoms with van der Waals surface area (Å²) in [6.45, 7) is 0. The lowest BCUT2D eigenvalue weighted by molar-refractivity contribution is -0.126. The van der Waals surface area contributed by atoms with Crippen LogP contribution in [0.5, 0.6) is 0 Å². The molecular weight excluding hydrogens is 236 g/mol. The number of rotatable bonds is 4. The van der Waals surface area contributed by atoms with Gasteiger partial charge in [0.25, 0.3) is 5.91 Å². The van der Waals surface area contributed by atoms with Crippen LogP contribution in [0, 0.1) is 0 Å². The van der Waals surface area contributed by atoms with Crippen LogP contribution in [0.3, 0.4) is 0 Å². The number of hydrogen-bond donors (Lipinski definition) is 3. The van der Waals surface area contributed by atoms with Gasteiger partial charge in [0.05, 0.1) is 17.6 Å². The van der Waals surface area contributed by atoms with Crippen LogP contribution in [0.25, 0.3) is 0 Å². The fourth-order valence-corrected chi connectivity index (χ4v) is 1.62.